The van der Waals surface area contributed by atoms with Crippen LogP contribution in [-0.4, -0.2) is 47.3 Å². The highest BCUT2D eigenvalue weighted by atomic mass is 35.5. The van der Waals surface area contributed by atoms with Crippen LogP contribution in [0.15, 0.2) is 30.3 Å². The summed E-state index contributed by atoms with van der Waals surface area (Å²) in [5.74, 6) is 3.27. The Morgan fingerprint density at radius 1 is 1.03 bits per heavy atom. The van der Waals surface area contributed by atoms with Gasteiger partial charge < -0.3 is 20.4 Å². The number of anilines is 3. The van der Waals surface area contributed by atoms with Crippen molar-refractivity contribution >= 4 is 46.5 Å². The molecule has 1 aromatic heterocycles. The van der Waals surface area contributed by atoms with Gasteiger partial charge in [-0.15, -0.1) is 0 Å². The van der Waals surface area contributed by atoms with Crippen molar-refractivity contribution in [2.24, 2.45) is 5.92 Å². The molecule has 1 aromatic carbocycles. The second kappa shape index (κ2) is 11.7. The molecule has 0 spiro atoms. The van der Waals surface area contributed by atoms with E-state index in [2.05, 4.69) is 58.5 Å². The number of piperidine rings is 2. The molecule has 3 aliphatic rings. The summed E-state index contributed by atoms with van der Waals surface area (Å²) in [6.07, 6.45) is 10.9. The van der Waals surface area contributed by atoms with Crippen LogP contribution >= 0.6 is 23.8 Å². The summed E-state index contributed by atoms with van der Waals surface area (Å²) in [7, 11) is 0. The van der Waals surface area contributed by atoms with Crippen LogP contribution in [0.4, 0.5) is 17.6 Å². The summed E-state index contributed by atoms with van der Waals surface area (Å²) < 4.78 is 0. The van der Waals surface area contributed by atoms with E-state index in [1.165, 1.54) is 50.5 Å². The molecule has 8 heteroatoms. The average molecular weight is 541 g/mol. The second-order valence-corrected chi connectivity index (χ2v) is 12.3. The van der Waals surface area contributed by atoms with Crippen molar-refractivity contribution in [2.75, 3.05) is 41.3 Å². The van der Waals surface area contributed by atoms with Crippen molar-refractivity contribution in [3.63, 3.8) is 0 Å². The number of hydrogen-bond acceptors (Lipinski definition) is 5. The molecular weight excluding hydrogens is 500 g/mol. The molecule has 5 rings (SSSR count). The number of rotatable bonds is 6. The van der Waals surface area contributed by atoms with Crippen LogP contribution in [-0.2, 0) is 5.41 Å². The zero-order valence-electron chi connectivity index (χ0n) is 22.3. The van der Waals surface area contributed by atoms with Gasteiger partial charge in [-0.25, -0.2) is 0 Å². The highest BCUT2D eigenvalue weighted by molar-refractivity contribution is 7.80. The van der Waals surface area contributed by atoms with Gasteiger partial charge in [0.05, 0.1) is 0 Å². The molecule has 3 heterocycles. The third-order valence-corrected chi connectivity index (χ3v) is 9.07. The number of hydrogen-bond donors (Lipinski definition) is 2. The summed E-state index contributed by atoms with van der Waals surface area (Å²) in [6, 6.07) is 11.0. The van der Waals surface area contributed by atoms with Crippen LogP contribution in [0, 0.1) is 5.92 Å². The molecule has 0 radical (unpaired) electrons. The first kappa shape index (κ1) is 26.5. The maximum atomic E-state index is 6.35. The molecule has 3 fully saturated rings. The highest BCUT2D eigenvalue weighted by Gasteiger charge is 2.36. The van der Waals surface area contributed by atoms with Crippen LogP contribution in [0.2, 0.25) is 5.02 Å². The van der Waals surface area contributed by atoms with Gasteiger partial charge in [-0.2, -0.15) is 9.97 Å². The zero-order valence-corrected chi connectivity index (χ0v) is 23.9. The van der Waals surface area contributed by atoms with Crippen molar-refractivity contribution in [3.05, 3.63) is 40.9 Å². The van der Waals surface area contributed by atoms with Crippen LogP contribution in [0.25, 0.3) is 0 Å². The SMILES string of the molecule is C[C@H]1CCCN(c2cc(N3CCCC[C@@H]3C)nc(NC(=S)NCC3(c4cccc(Cl)c4)CCCC3)n2)C1. The van der Waals surface area contributed by atoms with Gasteiger partial charge in [-0.3, -0.25) is 0 Å². The van der Waals surface area contributed by atoms with E-state index in [1.54, 1.807) is 0 Å². The average Bonchev–Trinajstić information content (AvgIpc) is 3.38. The van der Waals surface area contributed by atoms with Gasteiger partial charge in [0.1, 0.15) is 11.6 Å². The van der Waals surface area contributed by atoms with E-state index < -0.39 is 0 Å². The molecule has 0 bridgehead atoms. The van der Waals surface area contributed by atoms with Crippen LogP contribution in [0.5, 0.6) is 0 Å². The fourth-order valence-corrected chi connectivity index (χ4v) is 6.81. The Hall–Kier alpha value is -2.12. The molecule has 37 heavy (non-hydrogen) atoms. The predicted molar refractivity (Wildman–Crippen MR) is 159 cm³/mol. The third-order valence-electron chi connectivity index (χ3n) is 8.59. The van der Waals surface area contributed by atoms with Gasteiger partial charge in [0, 0.05) is 48.7 Å². The molecule has 2 aliphatic heterocycles. The first-order valence-corrected chi connectivity index (χ1v) is 14.9. The lowest BCUT2D eigenvalue weighted by atomic mass is 9.79. The van der Waals surface area contributed by atoms with E-state index >= 15 is 0 Å². The van der Waals surface area contributed by atoms with Gasteiger partial charge in [-0.05, 0) is 87.7 Å². The van der Waals surface area contributed by atoms with Crippen molar-refractivity contribution < 1.29 is 0 Å². The standard InChI is InChI=1S/C29H41ClN6S/c1-21-9-8-15-35(19-21)25-18-26(36-16-6-3-10-22(36)2)33-27(32-25)34-28(37)31-20-29(13-4-5-14-29)23-11-7-12-24(30)17-23/h7,11-12,17-18,21-22H,3-6,8-10,13-16,19-20H2,1-2H3,(H2,31,32,33,34,37)/t21-,22-/m0/s1. The minimum Gasteiger partial charge on any atom is -0.361 e. The first-order valence-electron chi connectivity index (χ1n) is 14.1. The molecule has 6 nitrogen and oxygen atoms in total. The Kier molecular flexibility index (Phi) is 8.40. The van der Waals surface area contributed by atoms with E-state index in [-0.39, 0.29) is 5.41 Å². The summed E-state index contributed by atoms with van der Waals surface area (Å²) in [4.78, 5) is 14.8. The number of thiocarbonyl (C=S) groups is 1. The molecule has 0 unspecified atom stereocenters. The van der Waals surface area contributed by atoms with Crippen molar-refractivity contribution in [3.8, 4) is 0 Å². The summed E-state index contributed by atoms with van der Waals surface area (Å²) in [6.45, 7) is 8.53. The van der Waals surface area contributed by atoms with Crippen molar-refractivity contribution in [2.45, 2.75) is 83.1 Å². The Morgan fingerprint density at radius 3 is 2.59 bits per heavy atom. The van der Waals surface area contributed by atoms with E-state index in [1.807, 2.05) is 6.07 Å². The van der Waals surface area contributed by atoms with Crippen molar-refractivity contribution in [1.29, 1.82) is 0 Å². The van der Waals surface area contributed by atoms with Crippen LogP contribution in [0.3, 0.4) is 0 Å². The quantitative estimate of drug-likeness (QED) is 0.403. The fraction of sp³-hybridized carbons (Fsp3) is 0.621. The lowest BCUT2D eigenvalue weighted by Gasteiger charge is -2.36. The molecule has 2 N–H and O–H groups in total. The summed E-state index contributed by atoms with van der Waals surface area (Å²) >= 11 is 12.1. The van der Waals surface area contributed by atoms with Gasteiger partial charge >= 0.3 is 0 Å². The molecule has 2 saturated heterocycles. The van der Waals surface area contributed by atoms with E-state index in [0.29, 0.717) is 23.0 Å². The minimum atomic E-state index is 0.0533. The van der Waals surface area contributed by atoms with Crippen molar-refractivity contribution in [1.82, 2.24) is 15.3 Å². The molecule has 1 aliphatic carbocycles. The second-order valence-electron chi connectivity index (χ2n) is 11.4. The van der Waals surface area contributed by atoms with Gasteiger partial charge in [-0.1, -0.05) is 43.5 Å². The van der Waals surface area contributed by atoms with Gasteiger partial charge in [0.25, 0.3) is 0 Å². The number of benzene rings is 1. The first-order chi connectivity index (χ1) is 17.9. The maximum Gasteiger partial charge on any atom is 0.232 e. The lowest BCUT2D eigenvalue weighted by Crippen LogP contribution is -2.41. The summed E-state index contributed by atoms with van der Waals surface area (Å²) in [5.41, 5.74) is 1.35. The van der Waals surface area contributed by atoms with Gasteiger partial charge in [0.15, 0.2) is 5.11 Å². The van der Waals surface area contributed by atoms with E-state index in [4.69, 9.17) is 33.8 Å². The Morgan fingerprint density at radius 2 is 1.84 bits per heavy atom. The molecule has 0 amide bonds. The van der Waals surface area contributed by atoms with E-state index in [9.17, 15) is 0 Å². The topological polar surface area (TPSA) is 56.3 Å². The Labute approximate surface area is 232 Å². The zero-order chi connectivity index (χ0) is 25.8. The lowest BCUT2D eigenvalue weighted by molar-refractivity contribution is 0.435. The third kappa shape index (κ3) is 6.31. The monoisotopic (exact) mass is 540 g/mol. The normalized spacial score (nSPS) is 23.6. The largest absolute Gasteiger partial charge is 0.361 e. The predicted octanol–water partition coefficient (Wildman–Crippen LogP) is 6.54. The molecule has 2 aromatic rings. The molecule has 1 saturated carbocycles. The van der Waals surface area contributed by atoms with Crippen LogP contribution < -0.4 is 20.4 Å². The molecular formula is C29H41ClN6S. The Bertz CT molecular complexity index is 1090. The fourth-order valence-electron chi connectivity index (χ4n) is 6.46. The minimum absolute atomic E-state index is 0.0533. The number of nitrogens with one attached hydrogen (secondary N) is 2. The number of halogens is 1. The number of aromatic nitrogens is 2. The summed E-state index contributed by atoms with van der Waals surface area (Å²) in [5, 5.41) is 8.24. The molecule has 200 valence electrons. The van der Waals surface area contributed by atoms with Crippen LogP contribution in [0.1, 0.15) is 77.2 Å². The van der Waals surface area contributed by atoms with E-state index in [0.717, 1.165) is 55.7 Å². The number of nitrogens with zero attached hydrogens (tertiary/aromatic N) is 4. The molecule has 2 atom stereocenters. The van der Waals surface area contributed by atoms with Gasteiger partial charge in [0.2, 0.25) is 5.95 Å². The Balaban J connectivity index is 1.34. The highest BCUT2D eigenvalue weighted by Crippen LogP contribution is 2.41. The smallest absolute Gasteiger partial charge is 0.232 e. The maximum absolute atomic E-state index is 6.35.